The second-order valence-electron chi connectivity index (χ2n) is 5.71. The van der Waals surface area contributed by atoms with E-state index >= 15 is 0 Å². The summed E-state index contributed by atoms with van der Waals surface area (Å²) in [6.07, 6.45) is 2.78. The number of amides is 2. The zero-order chi connectivity index (χ0) is 16.3. The molecule has 2 heterocycles. The van der Waals surface area contributed by atoms with Crippen LogP contribution in [0.5, 0.6) is 0 Å². The van der Waals surface area contributed by atoms with Gasteiger partial charge in [-0.2, -0.15) is 0 Å². The van der Waals surface area contributed by atoms with Crippen LogP contribution in [0.25, 0.3) is 0 Å². The average Bonchev–Trinajstić information content (AvgIpc) is 2.99. The van der Waals surface area contributed by atoms with Crippen molar-refractivity contribution in [3.63, 3.8) is 0 Å². The van der Waals surface area contributed by atoms with Gasteiger partial charge in [0.1, 0.15) is 0 Å². The molecule has 0 aromatic carbocycles. The molecule has 0 unspecified atom stereocenters. The fourth-order valence-electron chi connectivity index (χ4n) is 2.53. The fraction of sp³-hybridized carbons (Fsp3) is 0.643. The van der Waals surface area contributed by atoms with Crippen LogP contribution in [0, 0.1) is 0 Å². The maximum Gasteiger partial charge on any atom is 0.317 e. The summed E-state index contributed by atoms with van der Waals surface area (Å²) < 4.78 is 24.7. The molecular formula is C14H23N3O3S2. The van der Waals surface area contributed by atoms with Crippen molar-refractivity contribution in [2.75, 3.05) is 26.4 Å². The molecule has 22 heavy (non-hydrogen) atoms. The van der Waals surface area contributed by atoms with E-state index in [1.807, 2.05) is 24.4 Å². The van der Waals surface area contributed by atoms with Gasteiger partial charge in [-0.05, 0) is 31.2 Å². The van der Waals surface area contributed by atoms with E-state index in [-0.39, 0.29) is 18.1 Å². The molecule has 0 spiro atoms. The molecule has 0 bridgehead atoms. The second-order valence-corrected chi connectivity index (χ2v) is 8.67. The molecule has 1 aliphatic heterocycles. The first kappa shape index (κ1) is 17.2. The minimum atomic E-state index is -3.20. The predicted molar refractivity (Wildman–Crippen MR) is 88.5 cm³/mol. The Morgan fingerprint density at radius 2 is 2.27 bits per heavy atom. The summed E-state index contributed by atoms with van der Waals surface area (Å²) in [5, 5.41) is 4.94. The van der Waals surface area contributed by atoms with Gasteiger partial charge in [0.25, 0.3) is 0 Å². The number of hydrogen-bond donors (Lipinski definition) is 1. The Bertz CT molecular complexity index is 601. The summed E-state index contributed by atoms with van der Waals surface area (Å²) >= 11 is 1.62. The Labute approximate surface area is 136 Å². The number of piperidine rings is 1. The molecule has 0 aliphatic carbocycles. The third-order valence-corrected chi connectivity index (χ3v) is 6.35. The van der Waals surface area contributed by atoms with E-state index in [9.17, 15) is 13.2 Å². The summed E-state index contributed by atoms with van der Waals surface area (Å²) in [6.45, 7) is 2.87. The van der Waals surface area contributed by atoms with Crippen LogP contribution in [0.3, 0.4) is 0 Å². The number of sulfonamides is 1. The van der Waals surface area contributed by atoms with Crippen molar-refractivity contribution in [1.82, 2.24) is 14.5 Å². The number of nitrogens with one attached hydrogen (secondary N) is 1. The monoisotopic (exact) mass is 345 g/mol. The van der Waals surface area contributed by atoms with E-state index in [1.54, 1.807) is 23.3 Å². The SMILES string of the molecule is C[C@@H](c1cccs1)N(C)C(=O)N[C@H]1CCCN(S(C)(=O)=O)C1. The van der Waals surface area contributed by atoms with Crippen molar-refractivity contribution in [1.29, 1.82) is 0 Å². The molecule has 2 amide bonds. The van der Waals surface area contributed by atoms with Crippen LogP contribution in [0.2, 0.25) is 0 Å². The van der Waals surface area contributed by atoms with Crippen LogP contribution < -0.4 is 5.32 Å². The molecule has 1 N–H and O–H groups in total. The number of urea groups is 1. The first-order chi connectivity index (χ1) is 10.3. The number of thiophene rings is 1. The average molecular weight is 345 g/mol. The highest BCUT2D eigenvalue weighted by atomic mass is 32.2. The summed E-state index contributed by atoms with van der Waals surface area (Å²) in [6, 6.07) is 3.67. The van der Waals surface area contributed by atoms with E-state index in [2.05, 4.69) is 5.32 Å². The quantitative estimate of drug-likeness (QED) is 0.906. The van der Waals surface area contributed by atoms with Crippen molar-refractivity contribution in [3.8, 4) is 0 Å². The zero-order valence-corrected chi connectivity index (χ0v) is 14.8. The van der Waals surface area contributed by atoms with Crippen molar-refractivity contribution in [2.24, 2.45) is 0 Å². The van der Waals surface area contributed by atoms with Gasteiger partial charge in [-0.3, -0.25) is 0 Å². The van der Waals surface area contributed by atoms with E-state index in [0.29, 0.717) is 13.1 Å². The van der Waals surface area contributed by atoms with Gasteiger partial charge < -0.3 is 10.2 Å². The number of carbonyl (C=O) groups is 1. The fourth-order valence-corrected chi connectivity index (χ4v) is 4.27. The Hall–Kier alpha value is -1.12. The van der Waals surface area contributed by atoms with Crippen LogP contribution in [-0.2, 0) is 10.0 Å². The minimum absolute atomic E-state index is 0.00500. The van der Waals surface area contributed by atoms with Crippen molar-refractivity contribution in [3.05, 3.63) is 22.4 Å². The normalized spacial score (nSPS) is 21.3. The van der Waals surface area contributed by atoms with Gasteiger partial charge in [-0.25, -0.2) is 17.5 Å². The number of carbonyl (C=O) groups excluding carboxylic acids is 1. The summed E-state index contributed by atoms with van der Waals surface area (Å²) in [7, 11) is -1.44. The number of nitrogens with zero attached hydrogens (tertiary/aromatic N) is 2. The molecule has 8 heteroatoms. The molecule has 0 radical (unpaired) electrons. The Kier molecular flexibility index (Phi) is 5.46. The maximum absolute atomic E-state index is 12.4. The van der Waals surface area contributed by atoms with Gasteiger partial charge in [0, 0.05) is 31.1 Å². The highest BCUT2D eigenvalue weighted by Crippen LogP contribution is 2.23. The van der Waals surface area contributed by atoms with E-state index in [4.69, 9.17) is 0 Å². The minimum Gasteiger partial charge on any atom is -0.334 e. The third kappa shape index (κ3) is 4.21. The maximum atomic E-state index is 12.4. The Balaban J connectivity index is 1.93. The molecule has 1 aromatic rings. The van der Waals surface area contributed by atoms with E-state index in [0.717, 1.165) is 17.7 Å². The smallest absolute Gasteiger partial charge is 0.317 e. The molecule has 1 fully saturated rings. The zero-order valence-electron chi connectivity index (χ0n) is 13.2. The highest BCUT2D eigenvalue weighted by Gasteiger charge is 2.28. The number of hydrogen-bond acceptors (Lipinski definition) is 4. The van der Waals surface area contributed by atoms with Crippen molar-refractivity contribution >= 4 is 27.4 Å². The van der Waals surface area contributed by atoms with Gasteiger partial charge >= 0.3 is 6.03 Å². The summed E-state index contributed by atoms with van der Waals surface area (Å²) in [5.74, 6) is 0. The molecule has 0 saturated carbocycles. The molecule has 1 aliphatic rings. The molecule has 2 rings (SSSR count). The highest BCUT2D eigenvalue weighted by molar-refractivity contribution is 7.88. The van der Waals surface area contributed by atoms with Crippen LogP contribution >= 0.6 is 11.3 Å². The van der Waals surface area contributed by atoms with Crippen molar-refractivity contribution < 1.29 is 13.2 Å². The topological polar surface area (TPSA) is 69.7 Å². The largest absolute Gasteiger partial charge is 0.334 e. The first-order valence-electron chi connectivity index (χ1n) is 7.31. The molecular weight excluding hydrogens is 322 g/mol. The second kappa shape index (κ2) is 6.97. The standard InChI is InChI=1S/C14H23N3O3S2/c1-11(13-7-5-9-21-13)16(2)14(18)15-12-6-4-8-17(10-12)22(3,19)20/h5,7,9,11-12H,4,6,8,10H2,1-3H3,(H,15,18)/t11-,12-/m0/s1. The van der Waals surface area contributed by atoms with Gasteiger partial charge in [0.2, 0.25) is 10.0 Å². The molecule has 1 saturated heterocycles. The lowest BCUT2D eigenvalue weighted by Gasteiger charge is -2.33. The first-order valence-corrected chi connectivity index (χ1v) is 10.0. The Morgan fingerprint density at radius 1 is 1.55 bits per heavy atom. The summed E-state index contributed by atoms with van der Waals surface area (Å²) in [4.78, 5) is 15.1. The molecule has 1 aromatic heterocycles. The molecule has 6 nitrogen and oxygen atoms in total. The van der Waals surface area contributed by atoms with Crippen LogP contribution in [-0.4, -0.2) is 56.1 Å². The van der Waals surface area contributed by atoms with Gasteiger partial charge in [-0.15, -0.1) is 11.3 Å². The summed E-state index contributed by atoms with van der Waals surface area (Å²) in [5.41, 5.74) is 0. The van der Waals surface area contributed by atoms with Crippen molar-refractivity contribution in [2.45, 2.75) is 31.8 Å². The molecule has 2 atom stereocenters. The number of rotatable bonds is 4. The van der Waals surface area contributed by atoms with Gasteiger partial charge in [-0.1, -0.05) is 6.07 Å². The van der Waals surface area contributed by atoms with E-state index < -0.39 is 10.0 Å². The third-order valence-electron chi connectivity index (χ3n) is 4.04. The van der Waals surface area contributed by atoms with Crippen LogP contribution in [0.15, 0.2) is 17.5 Å². The molecule has 124 valence electrons. The van der Waals surface area contributed by atoms with Gasteiger partial charge in [0.15, 0.2) is 0 Å². The predicted octanol–water partition coefficient (Wildman–Crippen LogP) is 1.87. The van der Waals surface area contributed by atoms with E-state index in [1.165, 1.54) is 10.6 Å². The van der Waals surface area contributed by atoms with Gasteiger partial charge in [0.05, 0.1) is 12.3 Å². The van der Waals surface area contributed by atoms with Crippen LogP contribution in [0.1, 0.15) is 30.7 Å². The lowest BCUT2D eigenvalue weighted by atomic mass is 10.1. The van der Waals surface area contributed by atoms with Crippen LogP contribution in [0.4, 0.5) is 4.79 Å². The lowest BCUT2D eigenvalue weighted by molar-refractivity contribution is 0.183. The Morgan fingerprint density at radius 3 is 2.86 bits per heavy atom. The lowest BCUT2D eigenvalue weighted by Crippen LogP contribution is -2.52.